The molecule has 0 spiro atoms. The molecular weight excluding hydrogens is 555 g/mol. The van der Waals surface area contributed by atoms with Crippen LogP contribution in [0, 0.1) is 6.92 Å². The first kappa shape index (κ1) is 26.7. The molecule has 0 saturated carbocycles. The van der Waals surface area contributed by atoms with Crippen LogP contribution in [0.1, 0.15) is 11.1 Å². The van der Waals surface area contributed by atoms with Gasteiger partial charge >= 0.3 is 0 Å². The average molecular weight is 586 g/mol. The van der Waals surface area contributed by atoms with Crippen molar-refractivity contribution in [3.05, 3.63) is 163 Å². The van der Waals surface area contributed by atoms with Crippen LogP contribution in [0.3, 0.4) is 0 Å². The maximum absolute atomic E-state index is 12.1. The summed E-state index contributed by atoms with van der Waals surface area (Å²) in [5, 5.41) is 17.3. The second-order valence-electron chi connectivity index (χ2n) is 11.5. The van der Waals surface area contributed by atoms with Crippen LogP contribution < -0.4 is 4.90 Å². The minimum Gasteiger partial charge on any atom is -0.386 e. The van der Waals surface area contributed by atoms with Crippen molar-refractivity contribution < 1.29 is 5.11 Å². The molecule has 8 rings (SSSR count). The van der Waals surface area contributed by atoms with E-state index in [0.717, 1.165) is 33.6 Å². The second-order valence-corrected chi connectivity index (χ2v) is 12.6. The van der Waals surface area contributed by atoms with Gasteiger partial charge in [0.2, 0.25) is 0 Å². The molecule has 2 unspecified atom stereocenters. The van der Waals surface area contributed by atoms with Gasteiger partial charge in [0.15, 0.2) is 0 Å². The maximum atomic E-state index is 12.1. The molecule has 0 saturated heterocycles. The molecule has 1 aliphatic rings. The molecule has 1 N–H and O–H groups in total. The molecular formula is C41H31NOS. The van der Waals surface area contributed by atoms with Crippen LogP contribution >= 0.6 is 11.3 Å². The van der Waals surface area contributed by atoms with Gasteiger partial charge in [0, 0.05) is 31.5 Å². The van der Waals surface area contributed by atoms with Gasteiger partial charge in [-0.25, -0.2) is 0 Å². The number of thiophene rings is 1. The third kappa shape index (κ3) is 4.53. The van der Waals surface area contributed by atoms with Crippen molar-refractivity contribution in [2.45, 2.75) is 19.1 Å². The van der Waals surface area contributed by atoms with E-state index in [4.69, 9.17) is 0 Å². The lowest BCUT2D eigenvalue weighted by atomic mass is 9.88. The molecule has 2 nitrogen and oxygen atoms in total. The Morgan fingerprint density at radius 2 is 1.41 bits per heavy atom. The first-order chi connectivity index (χ1) is 21.7. The topological polar surface area (TPSA) is 23.5 Å². The zero-order valence-electron chi connectivity index (χ0n) is 24.4. The molecule has 6 aromatic carbocycles. The van der Waals surface area contributed by atoms with Gasteiger partial charge in [0.1, 0.15) is 6.10 Å². The fourth-order valence-electron chi connectivity index (χ4n) is 6.65. The summed E-state index contributed by atoms with van der Waals surface area (Å²) in [7, 11) is 0. The highest BCUT2D eigenvalue weighted by molar-refractivity contribution is 7.26. The van der Waals surface area contributed by atoms with E-state index in [9.17, 15) is 5.11 Å². The monoisotopic (exact) mass is 585 g/mol. The predicted octanol–water partition coefficient (Wildman–Crippen LogP) is 10.7. The number of benzene rings is 6. The van der Waals surface area contributed by atoms with E-state index in [2.05, 4.69) is 157 Å². The molecule has 0 bridgehead atoms. The molecule has 1 aromatic heterocycles. The zero-order chi connectivity index (χ0) is 29.6. The van der Waals surface area contributed by atoms with Crippen molar-refractivity contribution in [2.75, 3.05) is 4.90 Å². The molecule has 0 radical (unpaired) electrons. The van der Waals surface area contributed by atoms with E-state index in [1.807, 2.05) is 17.4 Å². The standard InChI is InChI=1S/C41H31NOS/c1-27-11-5-8-19-36(27)42(32-22-23-35-39(26-32)44-38-24-21-29-14-6-7-17-33(29)40(35)38)37-20-10-18-34(41(37)43)31-16-9-15-30(25-31)28-12-3-2-4-13-28/h2-26,37,41,43H,1H3. The first-order valence-electron chi connectivity index (χ1n) is 15.1. The summed E-state index contributed by atoms with van der Waals surface area (Å²) in [6.07, 6.45) is 5.55. The smallest absolute Gasteiger partial charge is 0.104 e. The van der Waals surface area contributed by atoms with Gasteiger partial charge in [0.05, 0.1) is 6.04 Å². The number of fused-ring (bicyclic) bond motifs is 5. The van der Waals surface area contributed by atoms with E-state index >= 15 is 0 Å². The van der Waals surface area contributed by atoms with Gasteiger partial charge in [0.25, 0.3) is 0 Å². The number of nitrogens with zero attached hydrogens (tertiary/aromatic N) is 1. The molecule has 3 heteroatoms. The Bertz CT molecular complexity index is 2230. The lowest BCUT2D eigenvalue weighted by molar-refractivity contribution is 0.216. The van der Waals surface area contributed by atoms with Crippen molar-refractivity contribution in [3.63, 3.8) is 0 Å². The maximum Gasteiger partial charge on any atom is 0.104 e. The number of hydrogen-bond acceptors (Lipinski definition) is 3. The summed E-state index contributed by atoms with van der Waals surface area (Å²) in [6, 6.07) is 47.0. The zero-order valence-corrected chi connectivity index (χ0v) is 25.2. The van der Waals surface area contributed by atoms with Crippen LogP contribution in [0.4, 0.5) is 11.4 Å². The van der Waals surface area contributed by atoms with Gasteiger partial charge in [-0.15, -0.1) is 11.3 Å². The SMILES string of the molecule is Cc1ccccc1N(c1ccc2c(c1)sc1ccc3ccccc3c12)C1C=CC=C(c2cccc(-c3ccccc3)c2)C1O. The lowest BCUT2D eigenvalue weighted by Gasteiger charge is -2.38. The lowest BCUT2D eigenvalue weighted by Crippen LogP contribution is -2.41. The molecule has 44 heavy (non-hydrogen) atoms. The van der Waals surface area contributed by atoms with Crippen LogP contribution in [-0.2, 0) is 0 Å². The molecule has 1 aliphatic carbocycles. The minimum atomic E-state index is -0.729. The minimum absolute atomic E-state index is 0.288. The Morgan fingerprint density at radius 1 is 0.636 bits per heavy atom. The summed E-state index contributed by atoms with van der Waals surface area (Å²) in [5.41, 5.74) is 7.58. The number of anilines is 2. The number of rotatable bonds is 5. The summed E-state index contributed by atoms with van der Waals surface area (Å²) < 4.78 is 2.53. The normalized spacial score (nSPS) is 16.5. The third-order valence-electron chi connectivity index (χ3n) is 8.83. The Kier molecular flexibility index (Phi) is 6.63. The summed E-state index contributed by atoms with van der Waals surface area (Å²) in [6.45, 7) is 2.14. The van der Waals surface area contributed by atoms with Gasteiger partial charge in [-0.3, -0.25) is 0 Å². The number of allylic oxidation sites excluding steroid dienone is 2. The van der Waals surface area contributed by atoms with E-state index in [1.165, 1.54) is 36.5 Å². The van der Waals surface area contributed by atoms with Crippen molar-refractivity contribution in [2.24, 2.45) is 0 Å². The van der Waals surface area contributed by atoms with Crippen LogP contribution in [0.2, 0.25) is 0 Å². The quantitative estimate of drug-likeness (QED) is 0.217. The fourth-order valence-corrected chi connectivity index (χ4v) is 7.81. The van der Waals surface area contributed by atoms with Gasteiger partial charge < -0.3 is 10.0 Å². The van der Waals surface area contributed by atoms with Crippen LogP contribution in [0.15, 0.2) is 152 Å². The van der Waals surface area contributed by atoms with Crippen molar-refractivity contribution in [3.8, 4) is 11.1 Å². The van der Waals surface area contributed by atoms with Crippen molar-refractivity contribution in [1.29, 1.82) is 0 Å². The summed E-state index contributed by atoms with van der Waals surface area (Å²) in [4.78, 5) is 2.31. The second kappa shape index (κ2) is 10.9. The number of hydrogen-bond donors (Lipinski definition) is 1. The molecule has 0 aliphatic heterocycles. The van der Waals surface area contributed by atoms with E-state index in [-0.39, 0.29) is 6.04 Å². The van der Waals surface area contributed by atoms with Gasteiger partial charge in [-0.2, -0.15) is 0 Å². The van der Waals surface area contributed by atoms with E-state index in [1.54, 1.807) is 0 Å². The largest absolute Gasteiger partial charge is 0.386 e. The van der Waals surface area contributed by atoms with Crippen LogP contribution in [0.25, 0.3) is 47.6 Å². The fraction of sp³-hybridized carbons (Fsp3) is 0.0732. The number of aliphatic hydroxyl groups excluding tert-OH is 1. The Hall–Kier alpha value is -4.96. The van der Waals surface area contributed by atoms with Crippen LogP contribution in [0.5, 0.6) is 0 Å². The highest BCUT2D eigenvalue weighted by atomic mass is 32.1. The molecule has 2 atom stereocenters. The van der Waals surface area contributed by atoms with E-state index < -0.39 is 6.10 Å². The molecule has 7 aromatic rings. The first-order valence-corrected chi connectivity index (χ1v) is 15.9. The molecule has 0 fully saturated rings. The van der Waals surface area contributed by atoms with Gasteiger partial charge in [-0.05, 0) is 75.9 Å². The number of para-hydroxylation sites is 1. The predicted molar refractivity (Wildman–Crippen MR) is 189 cm³/mol. The van der Waals surface area contributed by atoms with Crippen molar-refractivity contribution in [1.82, 2.24) is 0 Å². The number of aryl methyl sites for hydroxylation is 1. The summed E-state index contributed by atoms with van der Waals surface area (Å²) in [5.74, 6) is 0. The molecule has 212 valence electrons. The van der Waals surface area contributed by atoms with E-state index in [0.29, 0.717) is 0 Å². The van der Waals surface area contributed by atoms with Crippen LogP contribution in [-0.4, -0.2) is 17.3 Å². The molecule has 1 heterocycles. The number of aliphatic hydroxyl groups is 1. The third-order valence-corrected chi connectivity index (χ3v) is 9.94. The highest BCUT2D eigenvalue weighted by Crippen LogP contribution is 2.43. The highest BCUT2D eigenvalue weighted by Gasteiger charge is 2.31. The Labute approximate surface area is 261 Å². The van der Waals surface area contributed by atoms with Gasteiger partial charge in [-0.1, -0.05) is 121 Å². The summed E-state index contributed by atoms with van der Waals surface area (Å²) >= 11 is 1.83. The molecule has 0 amide bonds. The van der Waals surface area contributed by atoms with Crippen molar-refractivity contribution >= 4 is 59.2 Å². The average Bonchev–Trinajstić information content (AvgIpc) is 3.45. The Balaban J connectivity index is 1.24. The Morgan fingerprint density at radius 3 is 2.30 bits per heavy atom.